The molecule has 0 spiro atoms. The molecule has 0 aromatic carbocycles. The smallest absolute Gasteiger partial charge is 0.367 e. The van der Waals surface area contributed by atoms with E-state index in [9.17, 15) is 26.5 Å². The number of hydrogen-bond donors (Lipinski definition) is 0. The second-order valence-corrected chi connectivity index (χ2v) is 5.07. The quantitative estimate of drug-likeness (QED) is 0.381. The summed E-state index contributed by atoms with van der Waals surface area (Å²) in [6.45, 7) is 0.253. The molecule has 0 N–H and O–H groups in total. The number of carbonyl (C=O) groups excluding carboxylic acids is 1. The summed E-state index contributed by atoms with van der Waals surface area (Å²) in [6, 6.07) is 0. The lowest BCUT2D eigenvalue weighted by atomic mass is 10.2. The number of ether oxygens (including phenoxy) is 1. The second-order valence-electron chi connectivity index (χ2n) is 3.56. The fraction of sp³-hybridized carbons (Fsp3) is 0.889. The van der Waals surface area contributed by atoms with Crippen molar-refractivity contribution in [3.63, 3.8) is 0 Å². The Labute approximate surface area is 98.9 Å². The highest BCUT2D eigenvalue weighted by molar-refractivity contribution is 7.86. The van der Waals surface area contributed by atoms with Crippen molar-refractivity contribution in [2.75, 3.05) is 6.61 Å². The van der Waals surface area contributed by atoms with E-state index in [-0.39, 0.29) is 6.42 Å². The minimum Gasteiger partial charge on any atom is -0.743 e. The molecule has 0 heterocycles. The summed E-state index contributed by atoms with van der Waals surface area (Å²) in [5.41, 5.74) is 0. The van der Waals surface area contributed by atoms with Gasteiger partial charge in [0, 0.05) is 6.42 Å². The van der Waals surface area contributed by atoms with Crippen molar-refractivity contribution in [2.24, 2.45) is 0 Å². The largest absolute Gasteiger partial charge is 0.743 e. The Morgan fingerprint density at radius 1 is 1.29 bits per heavy atom. The maximum absolute atomic E-state index is 12.6. The Bertz CT molecular complexity index is 339. The summed E-state index contributed by atoms with van der Waals surface area (Å²) in [5.74, 6) is -0.926. The fourth-order valence-corrected chi connectivity index (χ4v) is 1.21. The van der Waals surface area contributed by atoms with Gasteiger partial charge < -0.3 is 9.29 Å². The number of esters is 1. The molecular formula is C9H15F2O5S-. The van der Waals surface area contributed by atoms with Gasteiger partial charge in [-0.3, -0.25) is 4.79 Å². The Hall–Kier alpha value is -0.760. The standard InChI is InChI=1S/C9H16F2O5S/c1-2-3-4-5-6-8(12)16-7-9(10,11)17(13,14)15/h2-7H2,1H3,(H,13,14,15)/p-1. The molecule has 8 heteroatoms. The van der Waals surface area contributed by atoms with Gasteiger partial charge in [0.25, 0.3) is 0 Å². The summed E-state index contributed by atoms with van der Waals surface area (Å²) in [6.07, 6.45) is 3.07. The number of halogens is 2. The molecule has 0 amide bonds. The highest BCUT2D eigenvalue weighted by atomic mass is 32.2. The average Bonchev–Trinajstić information content (AvgIpc) is 2.20. The number of unbranched alkanes of at least 4 members (excludes halogenated alkanes) is 3. The van der Waals surface area contributed by atoms with Crippen LogP contribution in [0.15, 0.2) is 0 Å². The van der Waals surface area contributed by atoms with Crippen molar-refractivity contribution in [3.05, 3.63) is 0 Å². The molecular weight excluding hydrogens is 258 g/mol. The number of carbonyl (C=O) groups is 1. The van der Waals surface area contributed by atoms with Gasteiger partial charge in [-0.2, -0.15) is 8.78 Å². The molecule has 0 unspecified atom stereocenters. The zero-order chi connectivity index (χ0) is 13.5. The molecule has 0 aromatic heterocycles. The third-order valence-electron chi connectivity index (χ3n) is 2.00. The van der Waals surface area contributed by atoms with Crippen molar-refractivity contribution in [1.82, 2.24) is 0 Å². The summed E-state index contributed by atoms with van der Waals surface area (Å²) in [4.78, 5) is 10.9. The van der Waals surface area contributed by atoms with Crippen molar-refractivity contribution >= 4 is 16.1 Å². The van der Waals surface area contributed by atoms with E-state index in [2.05, 4.69) is 4.74 Å². The third kappa shape index (κ3) is 6.52. The zero-order valence-corrected chi connectivity index (χ0v) is 10.3. The number of alkyl halides is 2. The molecule has 0 aliphatic rings. The predicted molar refractivity (Wildman–Crippen MR) is 54.4 cm³/mol. The molecule has 0 saturated carbocycles. The van der Waals surface area contributed by atoms with E-state index >= 15 is 0 Å². The molecule has 0 atom stereocenters. The molecule has 5 nitrogen and oxygen atoms in total. The van der Waals surface area contributed by atoms with Gasteiger partial charge >= 0.3 is 11.2 Å². The van der Waals surface area contributed by atoms with E-state index in [1.807, 2.05) is 6.92 Å². The summed E-state index contributed by atoms with van der Waals surface area (Å²) < 4.78 is 59.4. The van der Waals surface area contributed by atoms with Gasteiger partial charge in [0.2, 0.25) is 0 Å². The van der Waals surface area contributed by atoms with Gasteiger partial charge in [-0.15, -0.1) is 0 Å². The molecule has 0 aromatic rings. The van der Waals surface area contributed by atoms with Crippen LogP contribution in [0.5, 0.6) is 0 Å². The lowest BCUT2D eigenvalue weighted by molar-refractivity contribution is -0.149. The topological polar surface area (TPSA) is 83.5 Å². The van der Waals surface area contributed by atoms with Crippen LogP contribution in [0.2, 0.25) is 0 Å². The minimum absolute atomic E-state index is 0.0605. The Balaban J connectivity index is 3.92. The normalized spacial score (nSPS) is 12.5. The van der Waals surface area contributed by atoms with Crippen LogP contribution in [-0.2, 0) is 19.6 Å². The Morgan fingerprint density at radius 3 is 2.35 bits per heavy atom. The van der Waals surface area contributed by atoms with Crippen molar-refractivity contribution in [2.45, 2.75) is 44.3 Å². The monoisotopic (exact) mass is 273 g/mol. The van der Waals surface area contributed by atoms with Crippen molar-refractivity contribution in [3.8, 4) is 0 Å². The van der Waals surface area contributed by atoms with E-state index in [0.29, 0.717) is 6.42 Å². The molecule has 17 heavy (non-hydrogen) atoms. The lowest BCUT2D eigenvalue weighted by Crippen LogP contribution is -2.34. The van der Waals surface area contributed by atoms with Crippen LogP contribution in [-0.4, -0.2) is 30.8 Å². The van der Waals surface area contributed by atoms with E-state index < -0.39 is 27.9 Å². The van der Waals surface area contributed by atoms with Crippen LogP contribution in [0, 0.1) is 0 Å². The van der Waals surface area contributed by atoms with Crippen LogP contribution in [0.25, 0.3) is 0 Å². The third-order valence-corrected chi connectivity index (χ3v) is 2.85. The zero-order valence-electron chi connectivity index (χ0n) is 9.45. The summed E-state index contributed by atoms with van der Waals surface area (Å²) in [7, 11) is -5.79. The first-order chi connectivity index (χ1) is 7.70. The van der Waals surface area contributed by atoms with Crippen molar-refractivity contribution < 1.29 is 31.3 Å². The highest BCUT2D eigenvalue weighted by Crippen LogP contribution is 2.20. The maximum Gasteiger partial charge on any atom is 0.367 e. The molecule has 0 aliphatic heterocycles. The maximum atomic E-state index is 12.6. The summed E-state index contributed by atoms with van der Waals surface area (Å²) in [5, 5.41) is -4.56. The van der Waals surface area contributed by atoms with Gasteiger partial charge in [-0.25, -0.2) is 8.42 Å². The van der Waals surface area contributed by atoms with Crippen molar-refractivity contribution in [1.29, 1.82) is 0 Å². The molecule has 0 rings (SSSR count). The van der Waals surface area contributed by atoms with E-state index in [1.165, 1.54) is 0 Å². The van der Waals surface area contributed by atoms with Gasteiger partial charge in [-0.05, 0) is 6.42 Å². The molecule has 0 radical (unpaired) electrons. The van der Waals surface area contributed by atoms with E-state index in [0.717, 1.165) is 19.3 Å². The predicted octanol–water partition coefficient (Wildman–Crippen LogP) is 1.64. The molecule has 0 bridgehead atoms. The number of rotatable bonds is 8. The molecule has 102 valence electrons. The second kappa shape index (κ2) is 6.85. The average molecular weight is 273 g/mol. The first kappa shape index (κ1) is 16.2. The van der Waals surface area contributed by atoms with Crippen LogP contribution >= 0.6 is 0 Å². The summed E-state index contributed by atoms with van der Waals surface area (Å²) >= 11 is 0. The first-order valence-corrected chi connectivity index (χ1v) is 6.60. The van der Waals surface area contributed by atoms with Gasteiger partial charge in [-0.1, -0.05) is 26.2 Å². The van der Waals surface area contributed by atoms with E-state index in [4.69, 9.17) is 0 Å². The lowest BCUT2D eigenvalue weighted by Gasteiger charge is -2.19. The highest BCUT2D eigenvalue weighted by Gasteiger charge is 2.39. The number of hydrogen-bond acceptors (Lipinski definition) is 5. The molecule has 0 fully saturated rings. The minimum atomic E-state index is -5.79. The van der Waals surface area contributed by atoms with Crippen LogP contribution < -0.4 is 0 Å². The Kier molecular flexibility index (Phi) is 6.54. The van der Waals surface area contributed by atoms with Crippen LogP contribution in [0.1, 0.15) is 39.0 Å². The fourth-order valence-electron chi connectivity index (χ4n) is 1.00. The van der Waals surface area contributed by atoms with Crippen LogP contribution in [0.3, 0.4) is 0 Å². The molecule has 0 aliphatic carbocycles. The SMILES string of the molecule is CCCCCCC(=O)OCC(F)(F)S(=O)(=O)[O-]. The van der Waals surface area contributed by atoms with E-state index in [1.54, 1.807) is 0 Å². The molecule has 0 saturated heterocycles. The van der Waals surface area contributed by atoms with Gasteiger partial charge in [0.1, 0.15) is 0 Å². The van der Waals surface area contributed by atoms with Gasteiger partial charge in [0.05, 0.1) is 0 Å². The van der Waals surface area contributed by atoms with Crippen LogP contribution in [0.4, 0.5) is 8.78 Å². The Morgan fingerprint density at radius 2 is 1.88 bits per heavy atom. The first-order valence-electron chi connectivity index (χ1n) is 5.19. The van der Waals surface area contributed by atoms with Gasteiger partial charge in [0.15, 0.2) is 16.7 Å².